The van der Waals surface area contributed by atoms with Crippen molar-refractivity contribution in [3.05, 3.63) is 35.7 Å². The van der Waals surface area contributed by atoms with Crippen molar-refractivity contribution in [1.29, 1.82) is 5.41 Å². The van der Waals surface area contributed by atoms with Crippen molar-refractivity contribution in [2.75, 3.05) is 89.3 Å². The molecule has 0 unspecified atom stereocenters. The molecule has 0 spiro atoms. The minimum absolute atomic E-state index is 0.0590. The topological polar surface area (TPSA) is 232 Å². The predicted octanol–water partition coefficient (Wildman–Crippen LogP) is 0.922. The first-order valence-electron chi connectivity index (χ1n) is 13.9. The van der Waals surface area contributed by atoms with E-state index in [0.29, 0.717) is 101 Å². The fourth-order valence-electron chi connectivity index (χ4n) is 3.81. The Morgan fingerprint density at radius 2 is 1.57 bits per heavy atom. The van der Waals surface area contributed by atoms with E-state index in [1.54, 1.807) is 18.2 Å². The molecule has 3 aromatic rings. The average Bonchev–Trinajstić information content (AvgIpc) is 3.36. The summed E-state index contributed by atoms with van der Waals surface area (Å²) in [6, 6.07) is 5.20. The maximum absolute atomic E-state index is 12.0. The van der Waals surface area contributed by atoms with Gasteiger partial charge in [0, 0.05) is 31.6 Å². The molecule has 0 bridgehead atoms. The number of nitrogen functional groups attached to an aromatic ring is 2. The monoisotopic (exact) mass is 587 g/mol. The van der Waals surface area contributed by atoms with Gasteiger partial charge in [-0.1, -0.05) is 0 Å². The molecule has 0 aliphatic rings. The molecule has 0 atom stereocenters. The molecule has 1 amide bonds. The molecule has 42 heavy (non-hydrogen) atoms. The Balaban J connectivity index is 1.25. The van der Waals surface area contributed by atoms with Crippen molar-refractivity contribution in [2.24, 2.45) is 5.73 Å². The zero-order valence-electron chi connectivity index (χ0n) is 23.7. The zero-order chi connectivity index (χ0) is 30.0. The van der Waals surface area contributed by atoms with Crippen molar-refractivity contribution in [2.45, 2.75) is 19.3 Å². The third-order valence-corrected chi connectivity index (χ3v) is 5.89. The number of amides is 1. The highest BCUT2D eigenvalue weighted by molar-refractivity contribution is 6.17. The molecule has 0 aliphatic carbocycles. The number of carbonyl (C=O) groups excluding carboxylic acids is 1. The molecular weight excluding hydrogens is 546 g/mol. The van der Waals surface area contributed by atoms with E-state index in [1.165, 1.54) is 6.33 Å². The number of benzene rings is 1. The summed E-state index contributed by atoms with van der Waals surface area (Å²) in [7, 11) is 0. The smallest absolute Gasteiger partial charge is 0.292 e. The van der Waals surface area contributed by atoms with Crippen LogP contribution in [-0.2, 0) is 23.7 Å². The van der Waals surface area contributed by atoms with Crippen molar-refractivity contribution < 1.29 is 28.2 Å². The Labute approximate surface area is 244 Å². The number of carbonyl (C=O) groups is 1. The standard InChI is InChI=1S/C27H41N9O6/c28-6-10-39-12-14-41-16-15-40-13-11-38-9-5-22(37)32-7-1-2-8-33-26-23(25(30)34-18-35-26)24(29)19-3-4-21-20(17-19)36-27(31)42-21/h3-4,17-18,29H,1-2,5-16,28H2,(H2,31,36)(H,32,37)(H3,30,33,34,35). The Kier molecular flexibility index (Phi) is 14.4. The Morgan fingerprint density at radius 1 is 0.905 bits per heavy atom. The largest absolute Gasteiger partial charge is 0.424 e. The number of anilines is 3. The van der Waals surface area contributed by atoms with Gasteiger partial charge in [0.1, 0.15) is 23.5 Å². The molecule has 2 aromatic heterocycles. The summed E-state index contributed by atoms with van der Waals surface area (Å²) < 4.78 is 26.7. The fourth-order valence-corrected chi connectivity index (χ4v) is 3.81. The van der Waals surface area contributed by atoms with Crippen molar-refractivity contribution in [1.82, 2.24) is 20.3 Å². The van der Waals surface area contributed by atoms with Crippen LogP contribution in [0.2, 0.25) is 0 Å². The normalized spacial score (nSPS) is 11.2. The predicted molar refractivity (Wildman–Crippen MR) is 158 cm³/mol. The first kappa shape index (κ1) is 32.6. The molecule has 0 saturated heterocycles. The summed E-state index contributed by atoms with van der Waals surface area (Å²) in [6.45, 7) is 5.31. The lowest BCUT2D eigenvalue weighted by molar-refractivity contribution is -0.122. The lowest BCUT2D eigenvalue weighted by atomic mass is 10.0. The van der Waals surface area contributed by atoms with E-state index < -0.39 is 0 Å². The maximum Gasteiger partial charge on any atom is 0.292 e. The van der Waals surface area contributed by atoms with Gasteiger partial charge in [-0.05, 0) is 31.0 Å². The number of nitrogens with zero attached hydrogens (tertiary/aromatic N) is 3. The summed E-state index contributed by atoms with van der Waals surface area (Å²) in [5.41, 5.74) is 19.2. The van der Waals surface area contributed by atoms with Crippen LogP contribution in [0.15, 0.2) is 28.9 Å². The summed E-state index contributed by atoms with van der Waals surface area (Å²) >= 11 is 0. The Bertz CT molecular complexity index is 1260. The van der Waals surface area contributed by atoms with Gasteiger partial charge < -0.3 is 51.2 Å². The number of nitrogens with two attached hydrogens (primary N) is 3. The van der Waals surface area contributed by atoms with Crippen LogP contribution in [0.1, 0.15) is 30.4 Å². The van der Waals surface area contributed by atoms with Crippen LogP contribution in [0.5, 0.6) is 0 Å². The lowest BCUT2D eigenvalue weighted by Crippen LogP contribution is -2.26. The molecule has 15 heteroatoms. The summed E-state index contributed by atoms with van der Waals surface area (Å²) in [5.74, 6) is 0.574. The molecule has 230 valence electrons. The van der Waals surface area contributed by atoms with Crippen LogP contribution in [0.25, 0.3) is 11.1 Å². The quantitative estimate of drug-likeness (QED) is 0.0710. The van der Waals surface area contributed by atoms with E-state index in [1.807, 2.05) is 0 Å². The van der Waals surface area contributed by atoms with E-state index in [-0.39, 0.29) is 29.9 Å². The van der Waals surface area contributed by atoms with Gasteiger partial charge in [-0.2, -0.15) is 4.98 Å². The minimum Gasteiger partial charge on any atom is -0.424 e. The van der Waals surface area contributed by atoms with Gasteiger partial charge >= 0.3 is 0 Å². The number of hydrogen-bond donors (Lipinski definition) is 6. The Morgan fingerprint density at radius 3 is 2.29 bits per heavy atom. The van der Waals surface area contributed by atoms with Crippen LogP contribution < -0.4 is 27.8 Å². The second-order valence-corrected chi connectivity index (χ2v) is 9.06. The number of rotatable bonds is 22. The molecular formula is C27H41N9O6. The van der Waals surface area contributed by atoms with E-state index >= 15 is 0 Å². The molecule has 1 aromatic carbocycles. The van der Waals surface area contributed by atoms with Gasteiger partial charge in [0.2, 0.25) is 5.91 Å². The highest BCUT2D eigenvalue weighted by atomic mass is 16.6. The number of aromatic nitrogens is 3. The first-order chi connectivity index (χ1) is 20.5. The highest BCUT2D eigenvalue weighted by Gasteiger charge is 2.17. The number of fused-ring (bicyclic) bond motifs is 1. The van der Waals surface area contributed by atoms with Gasteiger partial charge in [0.15, 0.2) is 5.58 Å². The van der Waals surface area contributed by atoms with Crippen LogP contribution in [0, 0.1) is 5.41 Å². The highest BCUT2D eigenvalue weighted by Crippen LogP contribution is 2.24. The maximum atomic E-state index is 12.0. The summed E-state index contributed by atoms with van der Waals surface area (Å²) in [5, 5.41) is 14.8. The van der Waals surface area contributed by atoms with Crippen LogP contribution in [-0.4, -0.2) is 99.1 Å². The average molecular weight is 588 g/mol. The molecule has 15 nitrogen and oxygen atoms in total. The number of oxazole rings is 1. The molecule has 0 saturated carbocycles. The lowest BCUT2D eigenvalue weighted by Gasteiger charge is -2.13. The minimum atomic E-state index is -0.0701. The van der Waals surface area contributed by atoms with Crippen LogP contribution >= 0.6 is 0 Å². The van der Waals surface area contributed by atoms with Crippen LogP contribution in [0.3, 0.4) is 0 Å². The second kappa shape index (κ2) is 18.5. The molecule has 9 N–H and O–H groups in total. The van der Waals surface area contributed by atoms with Gasteiger partial charge in [-0.3, -0.25) is 10.2 Å². The van der Waals surface area contributed by atoms with Crippen LogP contribution in [0.4, 0.5) is 17.7 Å². The second-order valence-electron chi connectivity index (χ2n) is 9.06. The van der Waals surface area contributed by atoms with E-state index in [4.69, 9.17) is 46.0 Å². The number of nitrogens with one attached hydrogen (secondary N) is 3. The van der Waals surface area contributed by atoms with Gasteiger partial charge in [-0.15, -0.1) is 0 Å². The van der Waals surface area contributed by atoms with Crippen molar-refractivity contribution in [3.8, 4) is 0 Å². The molecule has 3 rings (SSSR count). The third kappa shape index (κ3) is 11.2. The van der Waals surface area contributed by atoms with Crippen molar-refractivity contribution in [3.63, 3.8) is 0 Å². The zero-order valence-corrected chi connectivity index (χ0v) is 23.7. The molecule has 0 radical (unpaired) electrons. The number of hydrogen-bond acceptors (Lipinski definition) is 14. The summed E-state index contributed by atoms with van der Waals surface area (Å²) in [6.07, 6.45) is 3.15. The number of unbranched alkanes of at least 4 members (excludes halogenated alkanes) is 1. The SMILES string of the molecule is N=C(c1ccc2oc(N)nc2c1)c1c(N)ncnc1NCCCCNC(=O)CCOCCOCCOCCOCCN. The third-order valence-electron chi connectivity index (χ3n) is 5.89. The fraction of sp³-hybridized carbons (Fsp3) is 0.519. The van der Waals surface area contributed by atoms with E-state index in [2.05, 4.69) is 25.6 Å². The molecule has 0 aliphatic heterocycles. The van der Waals surface area contributed by atoms with E-state index in [0.717, 1.165) is 12.8 Å². The van der Waals surface area contributed by atoms with Crippen molar-refractivity contribution >= 4 is 40.4 Å². The molecule has 0 fully saturated rings. The Hall–Kier alpha value is -3.89. The van der Waals surface area contributed by atoms with Gasteiger partial charge in [-0.25, -0.2) is 9.97 Å². The number of ether oxygens (including phenoxy) is 4. The van der Waals surface area contributed by atoms with E-state index in [9.17, 15) is 4.79 Å². The summed E-state index contributed by atoms with van der Waals surface area (Å²) in [4.78, 5) is 24.5. The van der Waals surface area contributed by atoms with Gasteiger partial charge in [0.05, 0.1) is 64.1 Å². The molecule has 2 heterocycles. The first-order valence-corrected chi connectivity index (χ1v) is 13.9. The van der Waals surface area contributed by atoms with Gasteiger partial charge in [0.25, 0.3) is 6.01 Å².